The van der Waals surface area contributed by atoms with Crippen LogP contribution >= 0.6 is 34.9 Å². The van der Waals surface area contributed by atoms with Crippen LogP contribution in [0.1, 0.15) is 5.56 Å². The molecule has 0 aliphatic carbocycles. The average Bonchev–Trinajstić information content (AvgIpc) is 3.06. The van der Waals surface area contributed by atoms with Crippen molar-refractivity contribution in [3.8, 4) is 5.69 Å². The summed E-state index contributed by atoms with van der Waals surface area (Å²) in [4.78, 5) is 5.20. The minimum Gasteiger partial charge on any atom is -0.411 e. The SMILES string of the molecule is Cc1ccc(N=c2oc3c(s2)sc(=S)n3-c2ccccc2)cc1. The molecule has 0 spiro atoms. The molecule has 0 saturated heterocycles. The molecule has 2 aromatic carbocycles. The molecule has 0 unspecified atom stereocenters. The number of hydrogen-bond acceptors (Lipinski definition) is 5. The first-order valence-electron chi connectivity index (χ1n) is 7.03. The van der Waals surface area contributed by atoms with Crippen molar-refractivity contribution in [1.82, 2.24) is 4.57 Å². The Labute approximate surface area is 145 Å². The molecular weight excluding hydrogens is 344 g/mol. The predicted molar refractivity (Wildman–Crippen MR) is 98.5 cm³/mol. The summed E-state index contributed by atoms with van der Waals surface area (Å²) in [5, 5.41) is 0. The van der Waals surface area contributed by atoms with Crippen molar-refractivity contribution in [2.24, 2.45) is 4.99 Å². The van der Waals surface area contributed by atoms with Crippen LogP contribution in [0.5, 0.6) is 0 Å². The first-order valence-corrected chi connectivity index (χ1v) is 9.07. The van der Waals surface area contributed by atoms with E-state index in [1.165, 1.54) is 16.9 Å². The van der Waals surface area contributed by atoms with E-state index in [0.29, 0.717) is 4.87 Å². The van der Waals surface area contributed by atoms with E-state index in [-0.39, 0.29) is 0 Å². The number of rotatable bonds is 2. The number of thiazole rings is 1. The first-order chi connectivity index (χ1) is 11.2. The molecule has 0 fully saturated rings. The van der Waals surface area contributed by atoms with Crippen LogP contribution in [0.4, 0.5) is 5.69 Å². The van der Waals surface area contributed by atoms with Gasteiger partial charge in [0.15, 0.2) is 3.95 Å². The highest BCUT2D eigenvalue weighted by atomic mass is 32.2. The molecule has 23 heavy (non-hydrogen) atoms. The molecule has 3 nitrogen and oxygen atoms in total. The van der Waals surface area contributed by atoms with Gasteiger partial charge in [0.25, 0.3) is 4.87 Å². The molecule has 0 amide bonds. The number of fused-ring (bicyclic) bond motifs is 1. The van der Waals surface area contributed by atoms with E-state index in [4.69, 9.17) is 16.6 Å². The molecule has 2 aromatic heterocycles. The van der Waals surface area contributed by atoms with Gasteiger partial charge in [0.1, 0.15) is 4.01 Å². The van der Waals surface area contributed by atoms with Gasteiger partial charge in [-0.3, -0.25) is 4.57 Å². The molecule has 0 bridgehead atoms. The molecule has 0 aliphatic rings. The van der Waals surface area contributed by atoms with Gasteiger partial charge in [0.05, 0.1) is 11.4 Å². The normalized spacial score (nSPS) is 12.1. The molecule has 4 aromatic rings. The third-order valence-electron chi connectivity index (χ3n) is 3.37. The van der Waals surface area contributed by atoms with E-state index in [9.17, 15) is 0 Å². The lowest BCUT2D eigenvalue weighted by Crippen LogP contribution is -1.94. The third kappa shape index (κ3) is 2.81. The number of aromatic nitrogens is 1. The monoisotopic (exact) mass is 356 g/mol. The van der Waals surface area contributed by atoms with Crippen molar-refractivity contribution >= 4 is 50.3 Å². The Balaban J connectivity index is 1.88. The Morgan fingerprint density at radius 1 is 1.00 bits per heavy atom. The van der Waals surface area contributed by atoms with Crippen molar-refractivity contribution in [2.75, 3.05) is 0 Å². The van der Waals surface area contributed by atoms with Crippen LogP contribution in [-0.2, 0) is 0 Å². The van der Waals surface area contributed by atoms with Crippen LogP contribution in [-0.4, -0.2) is 4.57 Å². The van der Waals surface area contributed by atoms with E-state index < -0.39 is 0 Å². The van der Waals surface area contributed by atoms with Gasteiger partial charge in [-0.2, -0.15) is 0 Å². The van der Waals surface area contributed by atoms with Gasteiger partial charge in [-0.1, -0.05) is 58.6 Å². The summed E-state index contributed by atoms with van der Waals surface area (Å²) in [5.41, 5.74) is 3.87. The zero-order chi connectivity index (χ0) is 15.8. The quantitative estimate of drug-likeness (QED) is 0.437. The van der Waals surface area contributed by atoms with Gasteiger partial charge >= 0.3 is 0 Å². The smallest absolute Gasteiger partial charge is 0.282 e. The fourth-order valence-electron chi connectivity index (χ4n) is 2.25. The van der Waals surface area contributed by atoms with Crippen LogP contribution in [0.2, 0.25) is 0 Å². The Bertz CT molecular complexity index is 1080. The molecule has 4 rings (SSSR count). The lowest BCUT2D eigenvalue weighted by molar-refractivity contribution is 0.551. The van der Waals surface area contributed by atoms with E-state index in [0.717, 1.165) is 25.1 Å². The van der Waals surface area contributed by atoms with Crippen LogP contribution in [0, 0.1) is 10.9 Å². The maximum atomic E-state index is 5.97. The van der Waals surface area contributed by atoms with Gasteiger partial charge in [-0.25, -0.2) is 4.99 Å². The van der Waals surface area contributed by atoms with Gasteiger partial charge in [-0.05, 0) is 43.4 Å². The van der Waals surface area contributed by atoms with Crippen molar-refractivity contribution in [2.45, 2.75) is 6.92 Å². The summed E-state index contributed by atoms with van der Waals surface area (Å²) in [7, 11) is 0. The van der Waals surface area contributed by atoms with Crippen molar-refractivity contribution in [3.63, 3.8) is 0 Å². The zero-order valence-electron chi connectivity index (χ0n) is 12.2. The highest BCUT2D eigenvalue weighted by Crippen LogP contribution is 2.29. The summed E-state index contributed by atoms with van der Waals surface area (Å²) in [6.07, 6.45) is 0. The van der Waals surface area contributed by atoms with Gasteiger partial charge in [0, 0.05) is 0 Å². The minimum atomic E-state index is 0.634. The predicted octanol–water partition coefficient (Wildman–Crippen LogP) is 5.62. The van der Waals surface area contributed by atoms with Crippen LogP contribution < -0.4 is 4.87 Å². The summed E-state index contributed by atoms with van der Waals surface area (Å²) >= 11 is 8.55. The summed E-state index contributed by atoms with van der Waals surface area (Å²) in [5.74, 6) is 0. The topological polar surface area (TPSA) is 30.4 Å². The lowest BCUT2D eigenvalue weighted by Gasteiger charge is -2.00. The lowest BCUT2D eigenvalue weighted by atomic mass is 10.2. The van der Waals surface area contributed by atoms with E-state index >= 15 is 0 Å². The van der Waals surface area contributed by atoms with Crippen molar-refractivity contribution in [3.05, 3.63) is 69.0 Å². The first kappa shape index (κ1) is 14.6. The maximum Gasteiger partial charge on any atom is 0.282 e. The molecule has 2 heterocycles. The molecule has 0 aliphatic heterocycles. The summed E-state index contributed by atoms with van der Waals surface area (Å²) < 4.78 is 9.75. The number of aryl methyl sites for hydroxylation is 1. The molecule has 0 atom stereocenters. The largest absolute Gasteiger partial charge is 0.411 e. The van der Waals surface area contributed by atoms with E-state index in [1.54, 1.807) is 11.3 Å². The van der Waals surface area contributed by atoms with E-state index in [2.05, 4.69) is 11.9 Å². The minimum absolute atomic E-state index is 0.634. The molecule has 0 radical (unpaired) electrons. The fourth-order valence-corrected chi connectivity index (χ4v) is 4.77. The van der Waals surface area contributed by atoms with Gasteiger partial charge < -0.3 is 4.42 Å². The Kier molecular flexibility index (Phi) is 3.72. The molecule has 114 valence electrons. The number of para-hydroxylation sites is 1. The zero-order valence-corrected chi connectivity index (χ0v) is 14.7. The number of nitrogens with zero attached hydrogens (tertiary/aromatic N) is 2. The highest BCUT2D eigenvalue weighted by molar-refractivity contribution is 7.74. The molecule has 0 N–H and O–H groups in total. The van der Waals surface area contributed by atoms with Crippen LogP contribution in [0.3, 0.4) is 0 Å². The molecular formula is C17H12N2OS3. The van der Waals surface area contributed by atoms with Crippen molar-refractivity contribution in [1.29, 1.82) is 0 Å². The van der Waals surface area contributed by atoms with Gasteiger partial charge in [0.2, 0.25) is 5.71 Å². The Morgan fingerprint density at radius 2 is 1.74 bits per heavy atom. The average molecular weight is 356 g/mol. The Hall–Kier alpha value is -2.02. The fraction of sp³-hybridized carbons (Fsp3) is 0.0588. The molecule has 0 saturated carbocycles. The third-order valence-corrected chi connectivity index (χ3v) is 5.73. The second-order valence-electron chi connectivity index (χ2n) is 5.05. The van der Waals surface area contributed by atoms with Crippen LogP contribution in [0.25, 0.3) is 15.4 Å². The number of benzene rings is 2. The number of hydrogen-bond donors (Lipinski definition) is 0. The van der Waals surface area contributed by atoms with E-state index in [1.807, 2.05) is 59.2 Å². The second kappa shape index (κ2) is 5.88. The standard InChI is InChI=1S/C17H12N2OS3/c1-11-7-9-12(10-8-11)18-16-20-14-15(22-16)23-17(21)19(14)13-5-3-2-4-6-13/h2-10H,1H3. The van der Waals surface area contributed by atoms with Gasteiger partial charge in [-0.15, -0.1) is 0 Å². The summed E-state index contributed by atoms with van der Waals surface area (Å²) in [6, 6.07) is 18.1. The molecule has 6 heteroatoms. The maximum absolute atomic E-state index is 5.97. The Morgan fingerprint density at radius 3 is 2.48 bits per heavy atom. The van der Waals surface area contributed by atoms with Crippen LogP contribution in [0.15, 0.2) is 64.0 Å². The highest BCUT2D eigenvalue weighted by Gasteiger charge is 2.12. The summed E-state index contributed by atoms with van der Waals surface area (Å²) in [6.45, 7) is 2.06. The van der Waals surface area contributed by atoms with Crippen molar-refractivity contribution < 1.29 is 4.42 Å². The second-order valence-corrected chi connectivity index (χ2v) is 7.91.